The van der Waals surface area contributed by atoms with Gasteiger partial charge < -0.3 is 10.6 Å². The summed E-state index contributed by atoms with van der Waals surface area (Å²) in [4.78, 5) is 5.53. The summed E-state index contributed by atoms with van der Waals surface area (Å²) in [5, 5.41) is 5.45. The Morgan fingerprint density at radius 3 is 2.73 bits per heavy atom. The zero-order valence-corrected chi connectivity index (χ0v) is 11.3. The monoisotopic (exact) mass is 263 g/mol. The smallest absolute Gasteiger partial charge is 0.144 e. The third-order valence-corrected chi connectivity index (χ3v) is 3.33. The Kier molecular flexibility index (Phi) is 4.42. The minimum Gasteiger partial charge on any atom is -0.389 e. The van der Waals surface area contributed by atoms with Crippen LogP contribution in [0, 0.1) is 0 Å². The highest BCUT2D eigenvalue weighted by Gasteiger charge is 2.30. The first-order valence-electron chi connectivity index (χ1n) is 4.28. The van der Waals surface area contributed by atoms with E-state index in [9.17, 15) is 0 Å². The van der Waals surface area contributed by atoms with E-state index in [1.165, 1.54) is 23.7 Å². The summed E-state index contributed by atoms with van der Waals surface area (Å²) >= 11 is 7.59. The first-order chi connectivity index (χ1) is 6.94. The molecule has 0 fully saturated rings. The lowest BCUT2D eigenvalue weighted by atomic mass is 10.1. The van der Waals surface area contributed by atoms with Crippen molar-refractivity contribution in [2.24, 2.45) is 15.3 Å². The van der Waals surface area contributed by atoms with Crippen LogP contribution in [0.25, 0.3) is 0 Å². The lowest BCUT2D eigenvalue weighted by Gasteiger charge is -2.13. The van der Waals surface area contributed by atoms with Crippen LogP contribution in [0.4, 0.5) is 0 Å². The molecule has 1 aliphatic heterocycles. The molecule has 15 heavy (non-hydrogen) atoms. The van der Waals surface area contributed by atoms with Crippen molar-refractivity contribution in [2.75, 3.05) is 6.26 Å². The van der Waals surface area contributed by atoms with Crippen LogP contribution in [0.3, 0.4) is 0 Å². The highest BCUT2D eigenvalue weighted by Crippen LogP contribution is 2.28. The third kappa shape index (κ3) is 4.00. The van der Waals surface area contributed by atoms with E-state index in [0.29, 0.717) is 10.0 Å². The van der Waals surface area contributed by atoms with E-state index in [1.54, 1.807) is 0 Å². The topological polar surface area (TPSA) is 60.0 Å². The van der Waals surface area contributed by atoms with Gasteiger partial charge in [-0.25, -0.2) is 4.40 Å². The van der Waals surface area contributed by atoms with E-state index in [-0.39, 0.29) is 5.60 Å². The fourth-order valence-electron chi connectivity index (χ4n) is 0.966. The minimum absolute atomic E-state index is 0.233. The summed E-state index contributed by atoms with van der Waals surface area (Å²) in [5.41, 5.74) is 5.31. The number of oxime groups is 1. The van der Waals surface area contributed by atoms with E-state index >= 15 is 0 Å². The summed E-state index contributed by atoms with van der Waals surface area (Å²) in [6, 6.07) is 0. The van der Waals surface area contributed by atoms with Crippen LogP contribution < -0.4 is 5.73 Å². The first-order valence-corrected chi connectivity index (χ1v) is 6.69. The third-order valence-electron chi connectivity index (χ3n) is 1.57. The molecule has 0 amide bonds. The molecule has 1 aliphatic rings. The van der Waals surface area contributed by atoms with E-state index < -0.39 is 0 Å². The molecule has 7 heteroatoms. The number of hydrogen-bond acceptors (Lipinski definition) is 6. The molecule has 0 bridgehead atoms. The van der Waals surface area contributed by atoms with E-state index in [2.05, 4.69) is 9.55 Å². The van der Waals surface area contributed by atoms with E-state index in [1.807, 2.05) is 20.1 Å². The van der Waals surface area contributed by atoms with Crippen molar-refractivity contribution in [1.82, 2.24) is 0 Å². The van der Waals surface area contributed by atoms with Gasteiger partial charge in [-0.15, -0.1) is 0 Å². The number of rotatable bonds is 1. The van der Waals surface area contributed by atoms with Crippen LogP contribution in [0.1, 0.15) is 20.3 Å². The molecule has 4 nitrogen and oxygen atoms in total. The molecule has 1 rings (SSSR count). The number of thioether (sulfide) groups is 1. The van der Waals surface area contributed by atoms with Crippen LogP contribution in [-0.2, 0) is 4.84 Å². The van der Waals surface area contributed by atoms with Crippen molar-refractivity contribution in [2.45, 2.75) is 25.9 Å². The van der Waals surface area contributed by atoms with Crippen LogP contribution in [0.15, 0.2) is 9.55 Å². The highest BCUT2D eigenvalue weighted by atomic mass is 32.2. The number of nitrogens with zero attached hydrogens (tertiary/aromatic N) is 2. The summed E-state index contributed by atoms with van der Waals surface area (Å²) in [5.74, 6) is 0. The summed E-state index contributed by atoms with van der Waals surface area (Å²) in [7, 11) is 0. The Hall–Kier alpha value is -0.270. The molecule has 84 valence electrons. The molecule has 2 N–H and O–H groups in total. The number of nitrogens with two attached hydrogens (primary N) is 1. The van der Waals surface area contributed by atoms with E-state index in [4.69, 9.17) is 22.8 Å². The summed E-state index contributed by atoms with van der Waals surface area (Å²) in [6.07, 6.45) is 2.61. The Morgan fingerprint density at radius 1 is 1.67 bits per heavy atom. The van der Waals surface area contributed by atoms with Gasteiger partial charge in [-0.3, -0.25) is 0 Å². The Bertz CT molecular complexity index is 325. The van der Waals surface area contributed by atoms with Gasteiger partial charge in [-0.1, -0.05) is 17.4 Å². The average molecular weight is 263 g/mol. The molecule has 1 heterocycles. The van der Waals surface area contributed by atoms with Crippen LogP contribution in [0.2, 0.25) is 0 Å². The molecule has 0 spiro atoms. The predicted molar refractivity (Wildman–Crippen MR) is 72.5 cm³/mol. The maximum atomic E-state index is 5.54. The van der Waals surface area contributed by atoms with Crippen molar-refractivity contribution in [3.8, 4) is 0 Å². The van der Waals surface area contributed by atoms with E-state index in [0.717, 1.165) is 11.5 Å². The van der Waals surface area contributed by atoms with Crippen LogP contribution in [0.5, 0.6) is 0 Å². The Morgan fingerprint density at radius 2 is 2.33 bits per heavy atom. The number of thiocarbonyl (C=S) groups is 1. The molecule has 0 unspecified atom stereocenters. The van der Waals surface area contributed by atoms with Gasteiger partial charge in [0.25, 0.3) is 0 Å². The Balaban J connectivity index is 2.62. The molecule has 0 radical (unpaired) electrons. The van der Waals surface area contributed by atoms with Gasteiger partial charge in [0.2, 0.25) is 0 Å². The van der Waals surface area contributed by atoms with Gasteiger partial charge in [0.1, 0.15) is 20.7 Å². The number of hydrogen-bond donors (Lipinski definition) is 1. The standard InChI is InChI=1S/C8H13N3OS3/c1-8(2)4-5(10-12-8)15-7(6(9)13)11-14-3/h4H2,1-3H3,(H2,9,13). The quantitative estimate of drug-likeness (QED) is 0.340. The molecule has 0 aromatic heterocycles. The molecule has 0 atom stereocenters. The lowest BCUT2D eigenvalue weighted by molar-refractivity contribution is 0.0123. The fourth-order valence-corrected chi connectivity index (χ4v) is 2.65. The second kappa shape index (κ2) is 5.18. The zero-order chi connectivity index (χ0) is 11.5. The lowest BCUT2D eigenvalue weighted by Crippen LogP contribution is -2.21. The largest absolute Gasteiger partial charge is 0.389 e. The molecule has 0 aromatic rings. The Labute approximate surface area is 103 Å². The van der Waals surface area contributed by atoms with Gasteiger partial charge in [-0.05, 0) is 37.6 Å². The van der Waals surface area contributed by atoms with Gasteiger partial charge in [0.05, 0.1) is 0 Å². The van der Waals surface area contributed by atoms with Gasteiger partial charge >= 0.3 is 0 Å². The summed E-state index contributed by atoms with van der Waals surface area (Å²) < 4.78 is 4.13. The highest BCUT2D eigenvalue weighted by molar-refractivity contribution is 8.29. The second-order valence-corrected chi connectivity index (χ2v) is 5.61. The fraction of sp³-hybridized carbons (Fsp3) is 0.625. The second-order valence-electron chi connectivity index (χ2n) is 3.56. The maximum absolute atomic E-state index is 5.54. The van der Waals surface area contributed by atoms with Crippen LogP contribution >= 0.6 is 35.9 Å². The normalized spacial score (nSPS) is 19.7. The molecular weight excluding hydrogens is 250 g/mol. The molecular formula is C8H13N3OS3. The molecule has 0 saturated heterocycles. The van der Waals surface area contributed by atoms with Crippen molar-refractivity contribution in [3.05, 3.63) is 0 Å². The van der Waals surface area contributed by atoms with Crippen molar-refractivity contribution in [1.29, 1.82) is 0 Å². The van der Waals surface area contributed by atoms with Gasteiger partial charge in [0.15, 0.2) is 0 Å². The average Bonchev–Trinajstić information content (AvgIpc) is 2.44. The van der Waals surface area contributed by atoms with Gasteiger partial charge in [-0.2, -0.15) is 0 Å². The zero-order valence-electron chi connectivity index (χ0n) is 8.81. The predicted octanol–water partition coefficient (Wildman–Crippen LogP) is 2.19. The van der Waals surface area contributed by atoms with Crippen molar-refractivity contribution in [3.63, 3.8) is 0 Å². The first kappa shape index (κ1) is 12.8. The molecule has 0 aliphatic carbocycles. The van der Waals surface area contributed by atoms with Gasteiger partial charge in [0, 0.05) is 12.7 Å². The summed E-state index contributed by atoms with van der Waals surface area (Å²) in [6.45, 7) is 3.96. The SMILES string of the molecule is CSN=C(SC1=NOC(C)(C)C1)C(N)=S. The maximum Gasteiger partial charge on any atom is 0.144 e. The van der Waals surface area contributed by atoms with Crippen molar-refractivity contribution < 1.29 is 4.84 Å². The van der Waals surface area contributed by atoms with Crippen LogP contribution in [-0.4, -0.2) is 26.9 Å². The minimum atomic E-state index is -0.233. The molecule has 0 aromatic carbocycles. The molecule has 0 saturated carbocycles. The van der Waals surface area contributed by atoms with Crippen molar-refractivity contribution >= 4 is 51.0 Å².